The molecule has 0 fully saturated rings. The fraction of sp³-hybridized carbons (Fsp3) is 0.500. The van der Waals surface area contributed by atoms with Gasteiger partial charge in [-0.05, 0) is 45.3 Å². The second-order valence-corrected chi connectivity index (χ2v) is 5.15. The number of nitrogens with one attached hydrogen (secondary N) is 2. The lowest BCUT2D eigenvalue weighted by molar-refractivity contribution is 0.675. The van der Waals surface area contributed by atoms with E-state index in [-0.39, 0.29) is 0 Å². The predicted molar refractivity (Wildman–Crippen MR) is 82.0 cm³/mol. The second-order valence-electron chi connectivity index (χ2n) is 5.15. The van der Waals surface area contributed by atoms with Gasteiger partial charge in [-0.2, -0.15) is 0 Å². The SMILES string of the molecule is C=C(NC(C)C)/C(C)=C/C(=C\C)NC(=C)C(C)C. The fourth-order valence-corrected chi connectivity index (χ4v) is 1.30. The van der Waals surface area contributed by atoms with Crippen molar-refractivity contribution in [2.24, 2.45) is 5.92 Å². The van der Waals surface area contributed by atoms with Crippen LogP contribution in [0.3, 0.4) is 0 Å². The van der Waals surface area contributed by atoms with Crippen molar-refractivity contribution in [2.45, 2.75) is 47.6 Å². The minimum Gasteiger partial charge on any atom is -0.383 e. The van der Waals surface area contributed by atoms with Crippen molar-refractivity contribution >= 4 is 0 Å². The first kappa shape index (κ1) is 16.6. The molecular weight excluding hydrogens is 220 g/mol. The van der Waals surface area contributed by atoms with Gasteiger partial charge in [-0.25, -0.2) is 0 Å². The zero-order valence-electron chi connectivity index (χ0n) is 12.7. The van der Waals surface area contributed by atoms with Crippen LogP contribution in [0.1, 0.15) is 41.5 Å². The van der Waals surface area contributed by atoms with E-state index in [0.29, 0.717) is 12.0 Å². The Morgan fingerprint density at radius 1 is 1.11 bits per heavy atom. The van der Waals surface area contributed by atoms with Crippen molar-refractivity contribution in [3.05, 3.63) is 48.0 Å². The van der Waals surface area contributed by atoms with Gasteiger partial charge < -0.3 is 10.6 Å². The molecule has 0 bridgehead atoms. The van der Waals surface area contributed by atoms with Crippen molar-refractivity contribution in [2.75, 3.05) is 0 Å². The van der Waals surface area contributed by atoms with E-state index in [2.05, 4.69) is 64.5 Å². The van der Waals surface area contributed by atoms with Crippen LogP contribution in [0.2, 0.25) is 0 Å². The highest BCUT2D eigenvalue weighted by Crippen LogP contribution is 2.11. The van der Waals surface area contributed by atoms with Crippen LogP contribution >= 0.6 is 0 Å². The zero-order valence-corrected chi connectivity index (χ0v) is 12.7. The molecular formula is C16H28N2. The van der Waals surface area contributed by atoms with E-state index in [9.17, 15) is 0 Å². The smallest absolute Gasteiger partial charge is 0.0341 e. The summed E-state index contributed by atoms with van der Waals surface area (Å²) < 4.78 is 0. The van der Waals surface area contributed by atoms with Gasteiger partial charge in [0.25, 0.3) is 0 Å². The predicted octanol–water partition coefficient (Wildman–Crippen LogP) is 4.11. The van der Waals surface area contributed by atoms with Gasteiger partial charge in [0.2, 0.25) is 0 Å². The highest BCUT2D eigenvalue weighted by Gasteiger charge is 2.03. The van der Waals surface area contributed by atoms with Crippen LogP contribution in [-0.4, -0.2) is 6.04 Å². The van der Waals surface area contributed by atoms with Crippen LogP contribution in [0.5, 0.6) is 0 Å². The topological polar surface area (TPSA) is 24.1 Å². The van der Waals surface area contributed by atoms with Gasteiger partial charge in [0.15, 0.2) is 0 Å². The Bertz CT molecular complexity index is 357. The van der Waals surface area contributed by atoms with E-state index in [1.165, 1.54) is 0 Å². The van der Waals surface area contributed by atoms with Crippen molar-refractivity contribution in [3.63, 3.8) is 0 Å². The Kier molecular flexibility index (Phi) is 7.18. The highest BCUT2D eigenvalue weighted by atomic mass is 14.9. The summed E-state index contributed by atoms with van der Waals surface area (Å²) in [5.41, 5.74) is 4.16. The summed E-state index contributed by atoms with van der Waals surface area (Å²) in [6.07, 6.45) is 4.13. The monoisotopic (exact) mass is 248 g/mol. The maximum atomic E-state index is 4.04. The molecule has 102 valence electrons. The Morgan fingerprint density at radius 3 is 2.06 bits per heavy atom. The van der Waals surface area contributed by atoms with E-state index in [0.717, 1.165) is 22.7 Å². The largest absolute Gasteiger partial charge is 0.383 e. The molecule has 2 heteroatoms. The number of allylic oxidation sites excluding steroid dienone is 4. The summed E-state index contributed by atoms with van der Waals surface area (Å²) in [5.74, 6) is 0.422. The second kappa shape index (κ2) is 7.80. The molecule has 0 aromatic heterocycles. The first-order chi connectivity index (χ1) is 8.27. The molecule has 0 aromatic rings. The van der Waals surface area contributed by atoms with Gasteiger partial charge in [-0.15, -0.1) is 0 Å². The zero-order chi connectivity index (χ0) is 14.3. The fourth-order valence-electron chi connectivity index (χ4n) is 1.30. The lowest BCUT2D eigenvalue weighted by atomic mass is 10.1. The summed E-state index contributed by atoms with van der Waals surface area (Å²) in [7, 11) is 0. The molecule has 0 atom stereocenters. The minimum atomic E-state index is 0.397. The molecule has 0 saturated heterocycles. The molecule has 2 nitrogen and oxygen atoms in total. The van der Waals surface area contributed by atoms with Gasteiger partial charge in [-0.1, -0.05) is 33.1 Å². The number of hydrogen-bond donors (Lipinski definition) is 2. The molecule has 0 spiro atoms. The first-order valence-corrected chi connectivity index (χ1v) is 6.54. The van der Waals surface area contributed by atoms with Crippen LogP contribution in [-0.2, 0) is 0 Å². The summed E-state index contributed by atoms with van der Waals surface area (Å²) >= 11 is 0. The van der Waals surface area contributed by atoms with Gasteiger partial charge >= 0.3 is 0 Å². The van der Waals surface area contributed by atoms with Gasteiger partial charge in [-0.3, -0.25) is 0 Å². The van der Waals surface area contributed by atoms with Gasteiger partial charge in [0.1, 0.15) is 0 Å². The first-order valence-electron chi connectivity index (χ1n) is 6.54. The molecule has 18 heavy (non-hydrogen) atoms. The van der Waals surface area contributed by atoms with Crippen LogP contribution in [0.15, 0.2) is 48.0 Å². The van der Waals surface area contributed by atoms with Crippen LogP contribution in [0, 0.1) is 5.92 Å². The highest BCUT2D eigenvalue weighted by molar-refractivity contribution is 5.33. The Hall–Kier alpha value is -1.44. The standard InChI is InChI=1S/C16H28N2/c1-9-16(18-14(7)11(2)3)10-13(6)15(8)17-12(4)5/h9-12,17-18H,7-8H2,1-6H3/b13-10+,16-9+. The van der Waals surface area contributed by atoms with Crippen molar-refractivity contribution < 1.29 is 0 Å². The third-order valence-corrected chi connectivity index (χ3v) is 2.62. The average Bonchev–Trinajstić information content (AvgIpc) is 2.26. The quantitative estimate of drug-likeness (QED) is 0.663. The Balaban J connectivity index is 4.70. The molecule has 0 aromatic carbocycles. The molecule has 0 aliphatic rings. The van der Waals surface area contributed by atoms with Crippen LogP contribution in [0.25, 0.3) is 0 Å². The molecule has 0 heterocycles. The van der Waals surface area contributed by atoms with E-state index < -0.39 is 0 Å². The third-order valence-electron chi connectivity index (χ3n) is 2.62. The summed E-state index contributed by atoms with van der Waals surface area (Å²) in [6.45, 7) is 20.6. The summed E-state index contributed by atoms with van der Waals surface area (Å²) in [4.78, 5) is 0. The molecule has 0 aliphatic heterocycles. The Morgan fingerprint density at radius 2 is 1.67 bits per heavy atom. The molecule has 0 rings (SSSR count). The lowest BCUT2D eigenvalue weighted by Crippen LogP contribution is -2.22. The van der Waals surface area contributed by atoms with Gasteiger partial charge in [0.05, 0.1) is 0 Å². The van der Waals surface area contributed by atoms with Crippen molar-refractivity contribution in [1.29, 1.82) is 0 Å². The third kappa shape index (κ3) is 6.33. The lowest BCUT2D eigenvalue weighted by Gasteiger charge is -2.16. The van der Waals surface area contributed by atoms with E-state index in [4.69, 9.17) is 0 Å². The Labute approximate surface area is 113 Å². The molecule has 2 N–H and O–H groups in total. The average molecular weight is 248 g/mol. The molecule has 0 saturated carbocycles. The van der Waals surface area contributed by atoms with Crippen molar-refractivity contribution in [1.82, 2.24) is 10.6 Å². The molecule has 0 aliphatic carbocycles. The number of hydrogen-bond acceptors (Lipinski definition) is 2. The molecule has 0 amide bonds. The normalized spacial score (nSPS) is 12.9. The van der Waals surface area contributed by atoms with Crippen molar-refractivity contribution in [3.8, 4) is 0 Å². The molecule has 0 radical (unpaired) electrons. The van der Waals surface area contributed by atoms with Gasteiger partial charge in [0, 0.05) is 23.1 Å². The van der Waals surface area contributed by atoms with E-state index >= 15 is 0 Å². The summed E-state index contributed by atoms with van der Waals surface area (Å²) in [5, 5.41) is 6.63. The van der Waals surface area contributed by atoms with E-state index in [1.807, 2.05) is 13.0 Å². The molecule has 0 unspecified atom stereocenters. The van der Waals surface area contributed by atoms with Crippen LogP contribution in [0.4, 0.5) is 0 Å². The maximum Gasteiger partial charge on any atom is 0.0341 e. The van der Waals surface area contributed by atoms with E-state index in [1.54, 1.807) is 0 Å². The summed E-state index contributed by atoms with van der Waals surface area (Å²) in [6, 6.07) is 0.397. The van der Waals surface area contributed by atoms with Crippen LogP contribution < -0.4 is 10.6 Å². The number of rotatable bonds is 7. The maximum absolute atomic E-state index is 4.04. The minimum absolute atomic E-state index is 0.397.